The van der Waals surface area contributed by atoms with Crippen molar-refractivity contribution in [2.45, 2.75) is 25.8 Å². The molecule has 4 heteroatoms. The zero-order chi connectivity index (χ0) is 12.5. The largest absolute Gasteiger partial charge is 0.475 e. The number of hydrogen-bond donors (Lipinski definition) is 0. The van der Waals surface area contributed by atoms with E-state index in [0.717, 1.165) is 22.0 Å². The van der Waals surface area contributed by atoms with Gasteiger partial charge in [-0.1, -0.05) is 6.08 Å². The smallest absolute Gasteiger partial charge is 0.218 e. The van der Waals surface area contributed by atoms with Crippen molar-refractivity contribution < 1.29 is 4.74 Å². The maximum atomic E-state index is 5.65. The number of aliphatic imine (C=N–C) groups is 1. The number of ether oxygens (including phenoxy) is 1. The summed E-state index contributed by atoms with van der Waals surface area (Å²) in [5, 5.41) is 0. The lowest BCUT2D eigenvalue weighted by molar-refractivity contribution is 0.279. The van der Waals surface area contributed by atoms with Crippen LogP contribution in [0, 0.1) is 0 Å². The van der Waals surface area contributed by atoms with Gasteiger partial charge >= 0.3 is 0 Å². The summed E-state index contributed by atoms with van der Waals surface area (Å²) in [4.78, 5) is 8.75. The first kappa shape index (κ1) is 12.3. The summed E-state index contributed by atoms with van der Waals surface area (Å²) in [6.45, 7) is 8.49. The van der Waals surface area contributed by atoms with E-state index in [9.17, 15) is 0 Å². The summed E-state index contributed by atoms with van der Waals surface area (Å²) >= 11 is 3.50. The minimum atomic E-state index is -0.150. The van der Waals surface area contributed by atoms with E-state index in [1.807, 2.05) is 6.08 Å². The van der Waals surface area contributed by atoms with Gasteiger partial charge in [0.1, 0.15) is 6.61 Å². The Hall–Kier alpha value is -1.16. The van der Waals surface area contributed by atoms with Gasteiger partial charge in [0.15, 0.2) is 0 Å². The molecule has 2 rings (SSSR count). The fourth-order valence-electron chi connectivity index (χ4n) is 1.72. The van der Waals surface area contributed by atoms with Crippen molar-refractivity contribution in [2.24, 2.45) is 4.99 Å². The molecule has 0 saturated heterocycles. The molecule has 17 heavy (non-hydrogen) atoms. The van der Waals surface area contributed by atoms with Crippen molar-refractivity contribution in [1.29, 1.82) is 0 Å². The van der Waals surface area contributed by atoms with Crippen LogP contribution in [-0.4, -0.2) is 23.0 Å². The number of halogens is 1. The lowest BCUT2D eigenvalue weighted by atomic mass is 10.1. The first-order valence-electron chi connectivity index (χ1n) is 5.50. The van der Waals surface area contributed by atoms with Gasteiger partial charge in [-0.3, -0.25) is 4.98 Å². The van der Waals surface area contributed by atoms with Crippen LogP contribution in [0.3, 0.4) is 0 Å². The highest BCUT2D eigenvalue weighted by Crippen LogP contribution is 2.26. The van der Waals surface area contributed by atoms with Gasteiger partial charge in [-0.25, -0.2) is 4.99 Å². The Bertz CT molecular complexity index is 480. The highest BCUT2D eigenvalue weighted by molar-refractivity contribution is 9.10. The average molecular weight is 295 g/mol. The minimum Gasteiger partial charge on any atom is -0.475 e. The second kappa shape index (κ2) is 4.61. The van der Waals surface area contributed by atoms with Crippen LogP contribution in [0.1, 0.15) is 25.0 Å². The molecule has 1 aromatic rings. The fourth-order valence-corrected chi connectivity index (χ4v) is 2.21. The third kappa shape index (κ3) is 2.57. The minimum absolute atomic E-state index is 0.150. The fraction of sp³-hybridized carbons (Fsp3) is 0.385. The Balaban J connectivity index is 2.46. The first-order valence-corrected chi connectivity index (χ1v) is 6.29. The van der Waals surface area contributed by atoms with Gasteiger partial charge in [-0.15, -0.1) is 6.58 Å². The molecule has 0 radical (unpaired) electrons. The molecule has 1 aromatic heterocycles. The molecular weight excluding hydrogens is 280 g/mol. The van der Waals surface area contributed by atoms with E-state index in [0.29, 0.717) is 12.5 Å². The molecule has 1 aliphatic heterocycles. The number of rotatable bonds is 3. The van der Waals surface area contributed by atoms with Crippen molar-refractivity contribution in [2.75, 3.05) is 6.61 Å². The number of nitrogens with zero attached hydrogens (tertiary/aromatic N) is 2. The van der Waals surface area contributed by atoms with E-state index < -0.39 is 0 Å². The van der Waals surface area contributed by atoms with Crippen LogP contribution in [0.25, 0.3) is 0 Å². The Morgan fingerprint density at radius 3 is 2.88 bits per heavy atom. The monoisotopic (exact) mass is 294 g/mol. The molecule has 0 unspecified atom stereocenters. The number of aromatic nitrogens is 1. The Kier molecular flexibility index (Phi) is 3.33. The van der Waals surface area contributed by atoms with Crippen molar-refractivity contribution in [3.63, 3.8) is 0 Å². The summed E-state index contributed by atoms with van der Waals surface area (Å²) in [6, 6.07) is 0. The summed E-state index contributed by atoms with van der Waals surface area (Å²) in [5.41, 5.74) is 1.92. The summed E-state index contributed by atoms with van der Waals surface area (Å²) in [6.07, 6.45) is 6.21. The second-order valence-electron chi connectivity index (χ2n) is 4.66. The SMILES string of the molecule is C=CCc1c(Br)cncc1C1=NC(C)(C)CO1. The van der Waals surface area contributed by atoms with Crippen LogP contribution in [0.2, 0.25) is 0 Å². The molecule has 0 saturated carbocycles. The van der Waals surface area contributed by atoms with Crippen LogP contribution in [0.5, 0.6) is 0 Å². The van der Waals surface area contributed by atoms with Crippen molar-refractivity contribution >= 4 is 21.8 Å². The van der Waals surface area contributed by atoms with Crippen LogP contribution >= 0.6 is 15.9 Å². The normalized spacial score (nSPS) is 17.5. The average Bonchev–Trinajstić information content (AvgIpc) is 2.62. The Morgan fingerprint density at radius 2 is 2.29 bits per heavy atom. The van der Waals surface area contributed by atoms with Gasteiger partial charge in [0.05, 0.1) is 11.1 Å². The third-order valence-corrected chi connectivity index (χ3v) is 3.23. The Morgan fingerprint density at radius 1 is 1.53 bits per heavy atom. The molecule has 0 bridgehead atoms. The first-order chi connectivity index (χ1) is 8.03. The predicted octanol–water partition coefficient (Wildman–Crippen LogP) is 3.13. The molecular formula is C13H15BrN2O. The van der Waals surface area contributed by atoms with E-state index in [4.69, 9.17) is 4.74 Å². The molecule has 0 spiro atoms. The maximum Gasteiger partial charge on any atom is 0.218 e. The lowest BCUT2D eigenvalue weighted by Crippen LogP contribution is -2.17. The molecule has 90 valence electrons. The molecule has 3 nitrogen and oxygen atoms in total. The number of hydrogen-bond acceptors (Lipinski definition) is 3. The molecule has 0 amide bonds. The van der Waals surface area contributed by atoms with Gasteiger partial charge in [0, 0.05) is 16.9 Å². The second-order valence-corrected chi connectivity index (χ2v) is 5.51. The standard InChI is InChI=1S/C13H15BrN2O/c1-4-5-9-10(6-15-7-11(9)14)12-16-13(2,3)8-17-12/h4,6-7H,1,5,8H2,2-3H3. The zero-order valence-electron chi connectivity index (χ0n) is 10.0. The van der Waals surface area contributed by atoms with Crippen molar-refractivity contribution in [1.82, 2.24) is 4.98 Å². The van der Waals surface area contributed by atoms with E-state index in [1.165, 1.54) is 0 Å². The number of allylic oxidation sites excluding steroid dienone is 1. The zero-order valence-corrected chi connectivity index (χ0v) is 11.6. The molecule has 1 aliphatic rings. The highest BCUT2D eigenvalue weighted by atomic mass is 79.9. The van der Waals surface area contributed by atoms with Crippen molar-refractivity contribution in [3.05, 3.63) is 40.6 Å². The van der Waals surface area contributed by atoms with Crippen LogP contribution in [-0.2, 0) is 11.2 Å². The summed E-state index contributed by atoms with van der Waals surface area (Å²) in [5.74, 6) is 0.681. The van der Waals surface area contributed by atoms with Gasteiger partial charge in [-0.2, -0.15) is 0 Å². The molecule has 0 atom stereocenters. The van der Waals surface area contributed by atoms with E-state index in [-0.39, 0.29) is 5.54 Å². The highest BCUT2D eigenvalue weighted by Gasteiger charge is 2.28. The predicted molar refractivity (Wildman–Crippen MR) is 72.4 cm³/mol. The third-order valence-electron chi connectivity index (χ3n) is 2.55. The van der Waals surface area contributed by atoms with Crippen molar-refractivity contribution in [3.8, 4) is 0 Å². The van der Waals surface area contributed by atoms with Crippen LogP contribution < -0.4 is 0 Å². The topological polar surface area (TPSA) is 34.5 Å². The Labute approximate surface area is 110 Å². The van der Waals surface area contributed by atoms with Crippen LogP contribution in [0.15, 0.2) is 34.5 Å². The summed E-state index contributed by atoms with van der Waals surface area (Å²) < 4.78 is 6.61. The van der Waals surface area contributed by atoms with Gasteiger partial charge in [-0.05, 0) is 41.8 Å². The number of pyridine rings is 1. The molecule has 2 heterocycles. The van der Waals surface area contributed by atoms with Gasteiger partial charge in [0.25, 0.3) is 0 Å². The van der Waals surface area contributed by atoms with Gasteiger partial charge < -0.3 is 4.74 Å². The molecule has 0 aromatic carbocycles. The lowest BCUT2D eigenvalue weighted by Gasteiger charge is -2.08. The molecule has 0 N–H and O–H groups in total. The van der Waals surface area contributed by atoms with Crippen LogP contribution in [0.4, 0.5) is 0 Å². The van der Waals surface area contributed by atoms with Gasteiger partial charge in [0.2, 0.25) is 5.90 Å². The quantitative estimate of drug-likeness (QED) is 0.803. The van der Waals surface area contributed by atoms with E-state index >= 15 is 0 Å². The maximum absolute atomic E-state index is 5.65. The summed E-state index contributed by atoms with van der Waals surface area (Å²) in [7, 11) is 0. The van der Waals surface area contributed by atoms with E-state index in [2.05, 4.69) is 46.3 Å². The molecule has 0 aliphatic carbocycles. The van der Waals surface area contributed by atoms with E-state index in [1.54, 1.807) is 12.4 Å². The molecule has 0 fully saturated rings.